The molecule has 0 bridgehead atoms. The fourth-order valence-electron chi connectivity index (χ4n) is 3.67. The van der Waals surface area contributed by atoms with Gasteiger partial charge in [0.15, 0.2) is 0 Å². The molecule has 2 rings (SSSR count). The Hall–Kier alpha value is -0.820. The molecule has 1 heteroatoms. The zero-order valence-electron chi connectivity index (χ0n) is 13.5. The van der Waals surface area contributed by atoms with Gasteiger partial charge in [0, 0.05) is 0 Å². The van der Waals surface area contributed by atoms with Crippen molar-refractivity contribution in [2.24, 2.45) is 17.8 Å². The van der Waals surface area contributed by atoms with E-state index in [-0.39, 0.29) is 0 Å². The minimum Gasteiger partial charge on any atom is -0.316 e. The molecule has 0 spiro atoms. The molecule has 3 unspecified atom stereocenters. The summed E-state index contributed by atoms with van der Waals surface area (Å²) in [6.07, 6.45) is 6.76. The molecular formula is C19H31N. The lowest BCUT2D eigenvalue weighted by molar-refractivity contribution is 0.183. The summed E-state index contributed by atoms with van der Waals surface area (Å²) in [5.41, 5.74) is 3.03. The second-order valence-corrected chi connectivity index (χ2v) is 6.77. The van der Waals surface area contributed by atoms with Crippen LogP contribution in [0.3, 0.4) is 0 Å². The monoisotopic (exact) mass is 273 g/mol. The normalized spacial score (nSPS) is 26.6. The van der Waals surface area contributed by atoms with Crippen molar-refractivity contribution < 1.29 is 0 Å². The van der Waals surface area contributed by atoms with Gasteiger partial charge in [0.2, 0.25) is 0 Å². The second-order valence-electron chi connectivity index (χ2n) is 6.77. The van der Waals surface area contributed by atoms with Crippen LogP contribution in [-0.2, 0) is 6.42 Å². The van der Waals surface area contributed by atoms with Gasteiger partial charge < -0.3 is 5.32 Å². The van der Waals surface area contributed by atoms with E-state index in [1.807, 2.05) is 0 Å². The molecule has 0 amide bonds. The van der Waals surface area contributed by atoms with Crippen molar-refractivity contribution in [1.82, 2.24) is 5.32 Å². The van der Waals surface area contributed by atoms with Gasteiger partial charge in [-0.25, -0.2) is 0 Å². The fourth-order valence-corrected chi connectivity index (χ4v) is 3.67. The van der Waals surface area contributed by atoms with Crippen molar-refractivity contribution in [3.63, 3.8) is 0 Å². The Labute approximate surface area is 125 Å². The minimum absolute atomic E-state index is 0.865. The van der Waals surface area contributed by atoms with Crippen molar-refractivity contribution in [1.29, 1.82) is 0 Å². The molecule has 0 aromatic heterocycles. The highest BCUT2D eigenvalue weighted by Crippen LogP contribution is 2.36. The molecule has 0 aliphatic heterocycles. The van der Waals surface area contributed by atoms with Crippen LogP contribution >= 0.6 is 0 Å². The number of benzene rings is 1. The first-order valence-electron chi connectivity index (χ1n) is 8.46. The average Bonchev–Trinajstić information content (AvgIpc) is 2.44. The van der Waals surface area contributed by atoms with E-state index in [1.165, 1.54) is 50.8 Å². The summed E-state index contributed by atoms with van der Waals surface area (Å²) in [6, 6.07) is 8.93. The summed E-state index contributed by atoms with van der Waals surface area (Å²) in [7, 11) is 0. The molecular weight excluding hydrogens is 242 g/mol. The molecule has 0 heterocycles. The molecule has 0 radical (unpaired) electrons. The van der Waals surface area contributed by atoms with Crippen LogP contribution in [-0.4, -0.2) is 13.1 Å². The summed E-state index contributed by atoms with van der Waals surface area (Å²) in [5, 5.41) is 3.65. The molecule has 1 N–H and O–H groups in total. The van der Waals surface area contributed by atoms with Gasteiger partial charge in [0.05, 0.1) is 0 Å². The molecule has 112 valence electrons. The maximum atomic E-state index is 3.65. The summed E-state index contributed by atoms with van der Waals surface area (Å²) >= 11 is 0. The van der Waals surface area contributed by atoms with Gasteiger partial charge in [-0.3, -0.25) is 0 Å². The number of rotatable bonds is 6. The van der Waals surface area contributed by atoms with E-state index >= 15 is 0 Å². The highest BCUT2D eigenvalue weighted by Gasteiger charge is 2.28. The summed E-state index contributed by atoms with van der Waals surface area (Å²) in [6.45, 7) is 9.33. The molecule has 0 saturated heterocycles. The smallest absolute Gasteiger partial charge is 0.00178 e. The Morgan fingerprint density at radius 1 is 1.15 bits per heavy atom. The minimum atomic E-state index is 0.865. The molecule has 3 atom stereocenters. The first-order valence-corrected chi connectivity index (χ1v) is 8.46. The van der Waals surface area contributed by atoms with Crippen LogP contribution in [0.15, 0.2) is 24.3 Å². The Balaban J connectivity index is 1.98. The van der Waals surface area contributed by atoms with Crippen molar-refractivity contribution >= 4 is 0 Å². The van der Waals surface area contributed by atoms with Gasteiger partial charge in [-0.15, -0.1) is 0 Å². The lowest BCUT2D eigenvalue weighted by Crippen LogP contribution is -2.34. The molecule has 1 aromatic carbocycles. The van der Waals surface area contributed by atoms with E-state index in [4.69, 9.17) is 0 Å². The van der Waals surface area contributed by atoms with Crippen molar-refractivity contribution in [2.75, 3.05) is 13.1 Å². The predicted octanol–water partition coefficient (Wildman–Crippen LogP) is 4.59. The maximum absolute atomic E-state index is 3.65. The number of aryl methyl sites for hydroxylation is 1. The summed E-state index contributed by atoms with van der Waals surface area (Å²) < 4.78 is 0. The Bertz CT molecular complexity index is 399. The molecule has 1 fully saturated rings. The number of nitrogens with one attached hydrogen (secondary N) is 1. The molecule has 1 nitrogen and oxygen atoms in total. The molecule has 1 saturated carbocycles. The van der Waals surface area contributed by atoms with Crippen LogP contribution < -0.4 is 5.32 Å². The van der Waals surface area contributed by atoms with E-state index in [0.717, 1.165) is 17.8 Å². The van der Waals surface area contributed by atoms with Gasteiger partial charge in [0.1, 0.15) is 0 Å². The zero-order chi connectivity index (χ0) is 14.4. The van der Waals surface area contributed by atoms with Crippen LogP contribution in [0.2, 0.25) is 0 Å². The third kappa shape index (κ3) is 4.34. The SMILES string of the molecule is CCCNCC1CCC(C)CC1Cc1ccccc1C. The first kappa shape index (κ1) is 15.6. The van der Waals surface area contributed by atoms with Gasteiger partial charge >= 0.3 is 0 Å². The van der Waals surface area contributed by atoms with Gasteiger partial charge in [-0.2, -0.15) is 0 Å². The lowest BCUT2D eigenvalue weighted by atomic mass is 9.72. The predicted molar refractivity (Wildman–Crippen MR) is 88.0 cm³/mol. The Morgan fingerprint density at radius 3 is 2.70 bits per heavy atom. The molecule has 20 heavy (non-hydrogen) atoms. The van der Waals surface area contributed by atoms with E-state index in [0.29, 0.717) is 0 Å². The van der Waals surface area contributed by atoms with Gasteiger partial charge in [0.25, 0.3) is 0 Å². The van der Waals surface area contributed by atoms with Crippen molar-refractivity contribution in [3.05, 3.63) is 35.4 Å². The Morgan fingerprint density at radius 2 is 1.95 bits per heavy atom. The molecule has 1 aromatic rings. The lowest BCUT2D eigenvalue weighted by Gasteiger charge is -2.35. The van der Waals surface area contributed by atoms with E-state index < -0.39 is 0 Å². The van der Waals surface area contributed by atoms with Crippen molar-refractivity contribution in [2.45, 2.75) is 52.9 Å². The van der Waals surface area contributed by atoms with Crippen LogP contribution in [0, 0.1) is 24.7 Å². The summed E-state index contributed by atoms with van der Waals surface area (Å²) in [4.78, 5) is 0. The van der Waals surface area contributed by atoms with Gasteiger partial charge in [-0.05, 0) is 74.6 Å². The number of hydrogen-bond donors (Lipinski definition) is 1. The highest BCUT2D eigenvalue weighted by atomic mass is 14.9. The first-order chi connectivity index (χ1) is 9.70. The van der Waals surface area contributed by atoms with Crippen LogP contribution in [0.4, 0.5) is 0 Å². The third-order valence-corrected chi connectivity index (χ3v) is 4.98. The zero-order valence-corrected chi connectivity index (χ0v) is 13.5. The second kappa shape index (κ2) is 7.83. The standard InChI is InChI=1S/C19H31N/c1-4-11-20-14-18-10-9-15(2)12-19(18)13-17-8-6-5-7-16(17)3/h5-8,15,18-20H,4,9-14H2,1-3H3. The summed E-state index contributed by atoms with van der Waals surface area (Å²) in [5.74, 6) is 2.65. The number of hydrogen-bond acceptors (Lipinski definition) is 1. The quantitative estimate of drug-likeness (QED) is 0.748. The molecule has 1 aliphatic carbocycles. The topological polar surface area (TPSA) is 12.0 Å². The largest absolute Gasteiger partial charge is 0.316 e. The third-order valence-electron chi connectivity index (χ3n) is 4.98. The average molecular weight is 273 g/mol. The van der Waals surface area contributed by atoms with E-state index in [2.05, 4.69) is 50.4 Å². The van der Waals surface area contributed by atoms with Crippen LogP contribution in [0.5, 0.6) is 0 Å². The van der Waals surface area contributed by atoms with Gasteiger partial charge in [-0.1, -0.05) is 44.5 Å². The van der Waals surface area contributed by atoms with E-state index in [1.54, 1.807) is 5.56 Å². The maximum Gasteiger partial charge on any atom is -0.00178 e. The highest BCUT2D eigenvalue weighted by molar-refractivity contribution is 5.26. The van der Waals surface area contributed by atoms with Crippen LogP contribution in [0.1, 0.15) is 50.7 Å². The molecule has 1 aliphatic rings. The van der Waals surface area contributed by atoms with Crippen molar-refractivity contribution in [3.8, 4) is 0 Å². The van der Waals surface area contributed by atoms with E-state index in [9.17, 15) is 0 Å². The van der Waals surface area contributed by atoms with Crippen LogP contribution in [0.25, 0.3) is 0 Å². The Kier molecular flexibility index (Phi) is 6.09. The fraction of sp³-hybridized carbons (Fsp3) is 0.684.